The van der Waals surface area contributed by atoms with Crippen molar-refractivity contribution in [3.63, 3.8) is 0 Å². The Morgan fingerprint density at radius 1 is 0.974 bits per heavy atom. The molecule has 1 N–H and O–H groups in total. The molecule has 1 aromatic carbocycles. The lowest BCUT2D eigenvalue weighted by molar-refractivity contribution is 0.110. The fourth-order valence-corrected chi connectivity index (χ4v) is 6.97. The second-order valence-electron chi connectivity index (χ2n) is 11.7. The number of pyridine rings is 1. The number of anilines is 1. The van der Waals surface area contributed by atoms with Crippen molar-refractivity contribution in [1.82, 2.24) is 29.7 Å². The predicted octanol–water partition coefficient (Wildman–Crippen LogP) is 5.03. The first kappa shape index (κ1) is 27.1. The summed E-state index contributed by atoms with van der Waals surface area (Å²) in [6.45, 7) is 14.1. The van der Waals surface area contributed by atoms with Gasteiger partial charge in [0.2, 0.25) is 0 Å². The van der Waals surface area contributed by atoms with Crippen LogP contribution in [0.25, 0.3) is 11.2 Å². The molecular weight excluding hydrogens is 470 g/mol. The molecule has 7 heteroatoms. The Bertz CT molecular complexity index is 1190. The highest BCUT2D eigenvalue weighted by Gasteiger charge is 2.38. The first-order chi connectivity index (χ1) is 18.4. The lowest BCUT2D eigenvalue weighted by Gasteiger charge is -2.47. The highest BCUT2D eigenvalue weighted by molar-refractivity contribution is 5.74. The van der Waals surface area contributed by atoms with E-state index in [0.29, 0.717) is 18.1 Å². The van der Waals surface area contributed by atoms with Crippen LogP contribution in [0.15, 0.2) is 42.5 Å². The number of piperidine rings is 1. The molecule has 3 aromatic rings. The lowest BCUT2D eigenvalue weighted by Crippen LogP contribution is -2.55. The van der Waals surface area contributed by atoms with E-state index < -0.39 is 0 Å². The SMILES string of the molecule is CCCC(c1nc2ccc(N3CCC(c4ccccc4)(N(C)C)CC3)nc2n1CC)N1C[C@@H](C)N[C@@H](C)C1. The van der Waals surface area contributed by atoms with Crippen LogP contribution in [0.2, 0.25) is 0 Å². The van der Waals surface area contributed by atoms with Crippen LogP contribution in [0.1, 0.15) is 70.8 Å². The van der Waals surface area contributed by atoms with E-state index in [1.165, 1.54) is 11.4 Å². The fourth-order valence-electron chi connectivity index (χ4n) is 6.97. The normalized spacial score (nSPS) is 23.3. The predicted molar refractivity (Wildman–Crippen MR) is 158 cm³/mol. The molecule has 4 heterocycles. The van der Waals surface area contributed by atoms with Gasteiger partial charge in [-0.3, -0.25) is 9.80 Å². The van der Waals surface area contributed by atoms with E-state index in [9.17, 15) is 0 Å². The van der Waals surface area contributed by atoms with Gasteiger partial charge in [0.15, 0.2) is 5.65 Å². The van der Waals surface area contributed by atoms with Crippen molar-refractivity contribution < 1.29 is 0 Å². The van der Waals surface area contributed by atoms with Crippen molar-refractivity contribution in [2.24, 2.45) is 0 Å². The molecule has 0 amide bonds. The van der Waals surface area contributed by atoms with Crippen molar-refractivity contribution in [1.29, 1.82) is 0 Å². The summed E-state index contributed by atoms with van der Waals surface area (Å²) in [5.74, 6) is 2.26. The highest BCUT2D eigenvalue weighted by atomic mass is 15.3. The van der Waals surface area contributed by atoms with Gasteiger partial charge in [-0.1, -0.05) is 43.7 Å². The van der Waals surface area contributed by atoms with Gasteiger partial charge in [-0.05, 0) is 71.8 Å². The smallest absolute Gasteiger partial charge is 0.162 e. The van der Waals surface area contributed by atoms with Crippen LogP contribution in [0, 0.1) is 0 Å². The molecule has 0 aliphatic carbocycles. The number of hydrogen-bond acceptors (Lipinski definition) is 6. The zero-order chi connectivity index (χ0) is 26.9. The molecule has 7 nitrogen and oxygen atoms in total. The summed E-state index contributed by atoms with van der Waals surface area (Å²) in [6.07, 6.45) is 4.43. The van der Waals surface area contributed by atoms with Gasteiger partial charge >= 0.3 is 0 Å². The monoisotopic (exact) mass is 517 g/mol. The number of fused-ring (bicyclic) bond motifs is 1. The Morgan fingerprint density at radius 3 is 2.26 bits per heavy atom. The third-order valence-electron chi connectivity index (χ3n) is 8.89. The second kappa shape index (κ2) is 11.3. The second-order valence-corrected chi connectivity index (χ2v) is 11.7. The Balaban J connectivity index is 1.42. The van der Waals surface area contributed by atoms with Gasteiger partial charge in [0, 0.05) is 50.3 Å². The summed E-state index contributed by atoms with van der Waals surface area (Å²) in [4.78, 5) is 18.0. The number of piperazine rings is 1. The van der Waals surface area contributed by atoms with E-state index in [1.807, 2.05) is 0 Å². The molecule has 3 atom stereocenters. The minimum Gasteiger partial charge on any atom is -0.356 e. The first-order valence-corrected chi connectivity index (χ1v) is 14.7. The summed E-state index contributed by atoms with van der Waals surface area (Å²) in [5, 5.41) is 3.69. The molecular formula is C31H47N7. The molecule has 0 saturated carbocycles. The summed E-state index contributed by atoms with van der Waals surface area (Å²) < 4.78 is 2.38. The van der Waals surface area contributed by atoms with E-state index in [4.69, 9.17) is 9.97 Å². The molecule has 5 rings (SSSR count). The zero-order valence-corrected chi connectivity index (χ0v) is 24.3. The van der Waals surface area contributed by atoms with Crippen molar-refractivity contribution in [3.05, 3.63) is 53.9 Å². The van der Waals surface area contributed by atoms with Crippen molar-refractivity contribution in [3.8, 4) is 0 Å². The number of hydrogen-bond donors (Lipinski definition) is 1. The highest BCUT2D eigenvalue weighted by Crippen LogP contribution is 2.38. The maximum absolute atomic E-state index is 5.26. The summed E-state index contributed by atoms with van der Waals surface area (Å²) in [7, 11) is 4.45. The van der Waals surface area contributed by atoms with Crippen LogP contribution in [-0.2, 0) is 12.1 Å². The first-order valence-electron chi connectivity index (χ1n) is 14.7. The van der Waals surface area contributed by atoms with E-state index >= 15 is 0 Å². The fraction of sp³-hybridized carbons (Fsp3) is 0.613. The molecule has 38 heavy (non-hydrogen) atoms. The lowest BCUT2D eigenvalue weighted by atomic mass is 9.80. The van der Waals surface area contributed by atoms with E-state index in [0.717, 1.165) is 75.4 Å². The molecule has 0 spiro atoms. The molecule has 0 bridgehead atoms. The van der Waals surface area contributed by atoms with Gasteiger partial charge in [0.1, 0.15) is 17.2 Å². The zero-order valence-electron chi connectivity index (χ0n) is 24.3. The summed E-state index contributed by atoms with van der Waals surface area (Å²) in [5.41, 5.74) is 3.54. The van der Waals surface area contributed by atoms with Gasteiger partial charge in [-0.15, -0.1) is 0 Å². The van der Waals surface area contributed by atoms with E-state index in [1.54, 1.807) is 0 Å². The molecule has 2 aliphatic rings. The average Bonchev–Trinajstić information content (AvgIpc) is 3.29. The van der Waals surface area contributed by atoms with E-state index in [-0.39, 0.29) is 5.54 Å². The van der Waals surface area contributed by atoms with Gasteiger partial charge in [0.05, 0.1) is 6.04 Å². The van der Waals surface area contributed by atoms with Crippen molar-refractivity contribution >= 4 is 17.0 Å². The summed E-state index contributed by atoms with van der Waals surface area (Å²) >= 11 is 0. The minimum absolute atomic E-state index is 0.0746. The van der Waals surface area contributed by atoms with Crippen LogP contribution in [0.5, 0.6) is 0 Å². The van der Waals surface area contributed by atoms with Gasteiger partial charge in [-0.25, -0.2) is 9.97 Å². The van der Waals surface area contributed by atoms with Crippen molar-refractivity contribution in [2.75, 3.05) is 45.2 Å². The third-order valence-corrected chi connectivity index (χ3v) is 8.89. The van der Waals surface area contributed by atoms with Crippen LogP contribution >= 0.6 is 0 Å². The number of rotatable bonds is 8. The van der Waals surface area contributed by atoms with Crippen LogP contribution in [-0.4, -0.2) is 76.7 Å². The van der Waals surface area contributed by atoms with Gasteiger partial charge < -0.3 is 14.8 Å². The number of nitrogens with zero attached hydrogens (tertiary/aromatic N) is 6. The maximum atomic E-state index is 5.26. The molecule has 0 radical (unpaired) electrons. The van der Waals surface area contributed by atoms with Crippen molar-refractivity contribution in [2.45, 2.75) is 83.6 Å². The van der Waals surface area contributed by atoms with Crippen LogP contribution < -0.4 is 10.2 Å². The Hall–Kier alpha value is -2.48. The number of aromatic nitrogens is 3. The van der Waals surface area contributed by atoms with E-state index in [2.05, 4.69) is 109 Å². The number of benzene rings is 1. The maximum Gasteiger partial charge on any atom is 0.162 e. The number of nitrogens with one attached hydrogen (secondary N) is 1. The number of imidazole rings is 1. The van der Waals surface area contributed by atoms with Crippen LogP contribution in [0.3, 0.4) is 0 Å². The minimum atomic E-state index is 0.0746. The molecule has 206 valence electrons. The average molecular weight is 518 g/mol. The topological polar surface area (TPSA) is 52.5 Å². The molecule has 2 saturated heterocycles. The molecule has 2 aromatic heterocycles. The standard InChI is InChI=1S/C31H47N7/c1-7-12-27(37-21-23(3)32-24(4)22-37)30-33-26-15-16-28(34-29(26)38(30)8-2)36-19-17-31(18-20-36,35(5)6)25-13-10-9-11-14-25/h9-11,13-16,23-24,27,32H,7-8,12,17-22H2,1-6H3/t23-,24+,27?. The molecule has 2 fully saturated rings. The van der Waals surface area contributed by atoms with Gasteiger partial charge in [-0.2, -0.15) is 0 Å². The Labute approximate surface area is 229 Å². The Morgan fingerprint density at radius 2 is 1.66 bits per heavy atom. The number of aryl methyl sites for hydroxylation is 1. The largest absolute Gasteiger partial charge is 0.356 e. The summed E-state index contributed by atoms with van der Waals surface area (Å²) in [6, 6.07) is 16.7. The van der Waals surface area contributed by atoms with Gasteiger partial charge in [0.25, 0.3) is 0 Å². The Kier molecular flexibility index (Phi) is 8.08. The van der Waals surface area contributed by atoms with Crippen LogP contribution in [0.4, 0.5) is 5.82 Å². The molecule has 2 aliphatic heterocycles. The molecule has 1 unspecified atom stereocenters. The quantitative estimate of drug-likeness (QED) is 0.452. The third kappa shape index (κ3) is 5.08.